The van der Waals surface area contributed by atoms with Gasteiger partial charge in [-0.05, 0) is 5.56 Å². The van der Waals surface area contributed by atoms with E-state index in [1.54, 1.807) is 36.4 Å². The molecule has 86 valence electrons. The van der Waals surface area contributed by atoms with Gasteiger partial charge in [0.2, 0.25) is 0 Å². The fourth-order valence-electron chi connectivity index (χ4n) is 1.75. The lowest BCUT2D eigenvalue weighted by Crippen LogP contribution is -1.90. The molecule has 0 spiro atoms. The highest BCUT2D eigenvalue weighted by atomic mass is 16.3. The SMILES string of the molecule is N#Cc1cc(O)c(-c2ccccc2)c(C#N)c1O. The van der Waals surface area contributed by atoms with Crippen LogP contribution in [0.2, 0.25) is 0 Å². The molecule has 0 aliphatic rings. The van der Waals surface area contributed by atoms with Crippen LogP contribution in [0.25, 0.3) is 11.1 Å². The molecule has 2 aromatic carbocycles. The number of benzene rings is 2. The molecule has 2 N–H and O–H groups in total. The Balaban J connectivity index is 2.82. The summed E-state index contributed by atoms with van der Waals surface area (Å²) in [5.41, 5.74) is 0.613. The van der Waals surface area contributed by atoms with Crippen molar-refractivity contribution in [3.63, 3.8) is 0 Å². The van der Waals surface area contributed by atoms with Crippen molar-refractivity contribution >= 4 is 0 Å². The van der Waals surface area contributed by atoms with Crippen molar-refractivity contribution in [1.29, 1.82) is 10.5 Å². The maximum absolute atomic E-state index is 9.90. The van der Waals surface area contributed by atoms with Gasteiger partial charge in [0, 0.05) is 11.6 Å². The average molecular weight is 236 g/mol. The quantitative estimate of drug-likeness (QED) is 0.744. The van der Waals surface area contributed by atoms with Crippen LogP contribution in [0.4, 0.5) is 0 Å². The second kappa shape index (κ2) is 4.48. The molecule has 0 bridgehead atoms. The van der Waals surface area contributed by atoms with Gasteiger partial charge in [-0.15, -0.1) is 0 Å². The van der Waals surface area contributed by atoms with E-state index in [9.17, 15) is 10.2 Å². The number of nitriles is 2. The molecule has 0 saturated heterocycles. The van der Waals surface area contributed by atoms with E-state index in [0.29, 0.717) is 5.56 Å². The number of rotatable bonds is 1. The highest BCUT2D eigenvalue weighted by molar-refractivity contribution is 5.81. The third kappa shape index (κ3) is 1.73. The maximum Gasteiger partial charge on any atom is 0.152 e. The lowest BCUT2D eigenvalue weighted by Gasteiger charge is -2.09. The van der Waals surface area contributed by atoms with Crippen molar-refractivity contribution in [2.24, 2.45) is 0 Å². The van der Waals surface area contributed by atoms with Crippen molar-refractivity contribution in [2.75, 3.05) is 0 Å². The molecule has 18 heavy (non-hydrogen) atoms. The number of aromatic hydroxyl groups is 2. The molecule has 0 unspecified atom stereocenters. The molecule has 4 nitrogen and oxygen atoms in total. The van der Waals surface area contributed by atoms with Crippen molar-refractivity contribution in [1.82, 2.24) is 0 Å². The first kappa shape index (κ1) is 11.5. The number of hydrogen-bond donors (Lipinski definition) is 2. The molecule has 2 rings (SSSR count). The largest absolute Gasteiger partial charge is 0.507 e. The minimum absolute atomic E-state index is 0.0993. The van der Waals surface area contributed by atoms with E-state index in [1.807, 2.05) is 6.07 Å². The summed E-state index contributed by atoms with van der Waals surface area (Å²) in [5.74, 6) is -0.608. The van der Waals surface area contributed by atoms with Crippen LogP contribution in [-0.4, -0.2) is 10.2 Å². The summed E-state index contributed by atoms with van der Waals surface area (Å²) in [6.07, 6.45) is 0. The van der Waals surface area contributed by atoms with Gasteiger partial charge in [0.05, 0.1) is 5.56 Å². The summed E-state index contributed by atoms with van der Waals surface area (Å²) in [6, 6.07) is 13.4. The minimum atomic E-state index is -0.406. The smallest absolute Gasteiger partial charge is 0.152 e. The van der Waals surface area contributed by atoms with Gasteiger partial charge in [0.25, 0.3) is 0 Å². The first-order chi connectivity index (χ1) is 8.69. The van der Waals surface area contributed by atoms with Gasteiger partial charge in [-0.2, -0.15) is 10.5 Å². The zero-order valence-electron chi connectivity index (χ0n) is 9.25. The first-order valence-electron chi connectivity index (χ1n) is 5.13. The van der Waals surface area contributed by atoms with Crippen LogP contribution >= 0.6 is 0 Å². The topological polar surface area (TPSA) is 88.0 Å². The molecular formula is C14H8N2O2. The minimum Gasteiger partial charge on any atom is -0.507 e. The second-order valence-electron chi connectivity index (χ2n) is 3.63. The monoisotopic (exact) mass is 236 g/mol. The van der Waals surface area contributed by atoms with Crippen LogP contribution in [0.1, 0.15) is 11.1 Å². The molecule has 4 heteroatoms. The fraction of sp³-hybridized carbons (Fsp3) is 0. The summed E-state index contributed by atoms with van der Waals surface area (Å²) in [7, 11) is 0. The Hall–Kier alpha value is -2.98. The lowest BCUT2D eigenvalue weighted by atomic mass is 9.96. The molecule has 0 aliphatic carbocycles. The third-order valence-corrected chi connectivity index (χ3v) is 2.57. The number of phenolic OH excluding ortho intramolecular Hbond substituents is 2. The number of phenols is 2. The van der Waals surface area contributed by atoms with Crippen molar-refractivity contribution < 1.29 is 10.2 Å². The average Bonchev–Trinajstić information content (AvgIpc) is 2.41. The summed E-state index contributed by atoms with van der Waals surface area (Å²) in [5, 5.41) is 37.6. The number of nitrogens with zero attached hydrogens (tertiary/aromatic N) is 2. The van der Waals surface area contributed by atoms with E-state index in [2.05, 4.69) is 0 Å². The van der Waals surface area contributed by atoms with E-state index in [0.717, 1.165) is 6.07 Å². The van der Waals surface area contributed by atoms with Gasteiger partial charge in [-0.3, -0.25) is 0 Å². The molecule has 0 aromatic heterocycles. The normalized spacial score (nSPS) is 9.44. The molecular weight excluding hydrogens is 228 g/mol. The van der Waals surface area contributed by atoms with Crippen molar-refractivity contribution in [3.8, 4) is 34.8 Å². The second-order valence-corrected chi connectivity index (χ2v) is 3.63. The predicted molar refractivity (Wildman–Crippen MR) is 64.6 cm³/mol. The van der Waals surface area contributed by atoms with E-state index in [4.69, 9.17) is 10.5 Å². The summed E-state index contributed by atoms with van der Waals surface area (Å²) < 4.78 is 0. The Morgan fingerprint density at radius 1 is 0.944 bits per heavy atom. The van der Waals surface area contributed by atoms with E-state index in [-0.39, 0.29) is 22.4 Å². The van der Waals surface area contributed by atoms with Gasteiger partial charge < -0.3 is 10.2 Å². The Morgan fingerprint density at radius 3 is 2.17 bits per heavy atom. The highest BCUT2D eigenvalue weighted by Gasteiger charge is 2.18. The fourth-order valence-corrected chi connectivity index (χ4v) is 1.75. The van der Waals surface area contributed by atoms with Gasteiger partial charge >= 0.3 is 0 Å². The van der Waals surface area contributed by atoms with Gasteiger partial charge in [-0.1, -0.05) is 30.3 Å². The summed E-state index contributed by atoms with van der Waals surface area (Å²) in [6.45, 7) is 0. The van der Waals surface area contributed by atoms with E-state index in [1.165, 1.54) is 0 Å². The standard InChI is InChI=1S/C14H8N2O2/c15-7-10-6-12(17)13(11(8-16)14(10)18)9-4-2-1-3-5-9/h1-6,17-18H. The zero-order valence-corrected chi connectivity index (χ0v) is 9.25. The zero-order chi connectivity index (χ0) is 13.1. The van der Waals surface area contributed by atoms with E-state index >= 15 is 0 Å². The molecule has 2 aromatic rings. The molecule has 0 aliphatic heterocycles. The Labute approximate surface area is 104 Å². The van der Waals surface area contributed by atoms with Crippen molar-refractivity contribution in [2.45, 2.75) is 0 Å². The lowest BCUT2D eigenvalue weighted by molar-refractivity contribution is 0.459. The first-order valence-corrected chi connectivity index (χ1v) is 5.13. The molecule has 0 fully saturated rings. The maximum atomic E-state index is 9.90. The molecule has 0 saturated carbocycles. The third-order valence-electron chi connectivity index (χ3n) is 2.57. The van der Waals surface area contributed by atoms with Gasteiger partial charge in [0.1, 0.15) is 23.5 Å². The number of hydrogen-bond acceptors (Lipinski definition) is 4. The summed E-state index contributed by atoms with van der Waals surface area (Å²) in [4.78, 5) is 0. The summed E-state index contributed by atoms with van der Waals surface area (Å²) >= 11 is 0. The van der Waals surface area contributed by atoms with E-state index < -0.39 is 5.75 Å². The Morgan fingerprint density at radius 2 is 1.61 bits per heavy atom. The van der Waals surface area contributed by atoms with Crippen LogP contribution in [0.5, 0.6) is 11.5 Å². The molecule has 0 heterocycles. The molecule has 0 amide bonds. The van der Waals surface area contributed by atoms with Crippen molar-refractivity contribution in [3.05, 3.63) is 47.5 Å². The molecule has 0 atom stereocenters. The van der Waals surface area contributed by atoms with Crippen LogP contribution in [0.15, 0.2) is 36.4 Å². The Kier molecular flexibility index (Phi) is 2.87. The van der Waals surface area contributed by atoms with Crippen LogP contribution in [-0.2, 0) is 0 Å². The van der Waals surface area contributed by atoms with Crippen LogP contribution < -0.4 is 0 Å². The van der Waals surface area contributed by atoms with Gasteiger partial charge in [0.15, 0.2) is 5.75 Å². The van der Waals surface area contributed by atoms with Gasteiger partial charge in [-0.25, -0.2) is 0 Å². The van der Waals surface area contributed by atoms with Crippen LogP contribution in [0, 0.1) is 22.7 Å². The highest BCUT2D eigenvalue weighted by Crippen LogP contribution is 2.39. The predicted octanol–water partition coefficient (Wildman–Crippen LogP) is 2.51. The Bertz CT molecular complexity index is 680. The van der Waals surface area contributed by atoms with Crippen LogP contribution in [0.3, 0.4) is 0 Å². The molecule has 0 radical (unpaired) electrons.